The number of nitrogens with one attached hydrogen (secondary N) is 2. The van der Waals surface area contributed by atoms with E-state index in [4.69, 9.17) is 14.2 Å². The number of rotatable bonds is 13. The number of guanidine groups is 1. The summed E-state index contributed by atoms with van der Waals surface area (Å²) in [6.07, 6.45) is 2.77. The van der Waals surface area contributed by atoms with E-state index in [1.54, 1.807) is 20.4 Å². The van der Waals surface area contributed by atoms with Gasteiger partial charge in [0.1, 0.15) is 11.5 Å². The minimum absolute atomic E-state index is 0. The molecule has 0 aliphatic rings. The van der Waals surface area contributed by atoms with Gasteiger partial charge in [0.2, 0.25) is 5.88 Å². The number of hydrogen-bond acceptors (Lipinski definition) is 6. The van der Waals surface area contributed by atoms with Crippen LogP contribution in [0.15, 0.2) is 47.6 Å². The van der Waals surface area contributed by atoms with Crippen molar-refractivity contribution in [3.63, 3.8) is 0 Å². The van der Waals surface area contributed by atoms with Crippen LogP contribution in [0, 0.1) is 0 Å². The molecule has 0 bridgehead atoms. The Labute approximate surface area is 208 Å². The van der Waals surface area contributed by atoms with Gasteiger partial charge < -0.3 is 29.7 Å². The quantitative estimate of drug-likeness (QED) is 0.169. The number of aliphatic imine (C=N–C) groups is 1. The lowest BCUT2D eigenvalue weighted by Crippen LogP contribution is -2.40. The molecule has 1 aromatic heterocycles. The summed E-state index contributed by atoms with van der Waals surface area (Å²) in [7, 11) is 5.61. The largest absolute Gasteiger partial charge is 0.494 e. The zero-order valence-electron chi connectivity index (χ0n) is 19.5. The number of likely N-dealkylation sites (N-methyl/N-ethyl adjacent to an activating group) is 1. The Morgan fingerprint density at radius 2 is 1.84 bits per heavy atom. The lowest BCUT2D eigenvalue weighted by atomic mass is 10.2. The fourth-order valence-electron chi connectivity index (χ4n) is 2.87. The number of hydrogen-bond donors (Lipinski definition) is 2. The van der Waals surface area contributed by atoms with Gasteiger partial charge >= 0.3 is 0 Å². The predicted octanol–water partition coefficient (Wildman–Crippen LogP) is 3.52. The summed E-state index contributed by atoms with van der Waals surface area (Å²) in [4.78, 5) is 10.9. The van der Waals surface area contributed by atoms with Crippen molar-refractivity contribution >= 4 is 29.9 Å². The van der Waals surface area contributed by atoms with E-state index in [0.29, 0.717) is 24.8 Å². The van der Waals surface area contributed by atoms with Gasteiger partial charge in [0.15, 0.2) is 5.96 Å². The van der Waals surface area contributed by atoms with Gasteiger partial charge in [-0.05, 0) is 56.3 Å². The van der Waals surface area contributed by atoms with Crippen molar-refractivity contribution in [2.45, 2.75) is 19.9 Å². The average Bonchev–Trinajstić information content (AvgIpc) is 2.78. The summed E-state index contributed by atoms with van der Waals surface area (Å²) in [6.45, 7) is 6.75. The molecule has 0 amide bonds. The molecule has 2 aromatic rings. The van der Waals surface area contributed by atoms with Crippen LogP contribution in [0.4, 0.5) is 0 Å². The van der Waals surface area contributed by atoms with E-state index < -0.39 is 0 Å². The highest BCUT2D eigenvalue weighted by Crippen LogP contribution is 2.23. The van der Waals surface area contributed by atoms with Crippen LogP contribution >= 0.6 is 24.0 Å². The molecule has 32 heavy (non-hydrogen) atoms. The lowest BCUT2D eigenvalue weighted by molar-refractivity contribution is 0.180. The Hall–Kier alpha value is -2.11. The van der Waals surface area contributed by atoms with Crippen molar-refractivity contribution in [1.29, 1.82) is 0 Å². The first-order chi connectivity index (χ1) is 15.1. The Kier molecular flexibility index (Phi) is 14.4. The van der Waals surface area contributed by atoms with Crippen LogP contribution in [0.3, 0.4) is 0 Å². The lowest BCUT2D eigenvalue weighted by Gasteiger charge is -2.18. The zero-order chi connectivity index (χ0) is 22.3. The van der Waals surface area contributed by atoms with E-state index in [1.165, 1.54) is 0 Å². The predicted molar refractivity (Wildman–Crippen MR) is 140 cm³/mol. The van der Waals surface area contributed by atoms with E-state index in [2.05, 4.69) is 32.6 Å². The number of methoxy groups -OCH3 is 1. The molecule has 8 nitrogen and oxygen atoms in total. The molecule has 0 unspecified atom stereocenters. The zero-order valence-corrected chi connectivity index (χ0v) is 21.8. The number of halogens is 1. The maximum absolute atomic E-state index is 5.86. The first-order valence-electron chi connectivity index (χ1n) is 10.6. The van der Waals surface area contributed by atoms with E-state index in [1.807, 2.05) is 43.3 Å². The maximum atomic E-state index is 5.86. The van der Waals surface area contributed by atoms with Crippen LogP contribution in [-0.4, -0.2) is 69.9 Å². The third kappa shape index (κ3) is 11.0. The third-order valence-corrected chi connectivity index (χ3v) is 4.51. The summed E-state index contributed by atoms with van der Waals surface area (Å²) >= 11 is 0. The van der Waals surface area contributed by atoms with Gasteiger partial charge in [-0.2, -0.15) is 0 Å². The Morgan fingerprint density at radius 1 is 1.09 bits per heavy atom. The number of aromatic nitrogens is 1. The topological polar surface area (TPSA) is 80.2 Å². The Balaban J connectivity index is 0.00000512. The Morgan fingerprint density at radius 3 is 2.53 bits per heavy atom. The van der Waals surface area contributed by atoms with E-state index >= 15 is 0 Å². The standard InChI is InChI=1S/C23H35N5O3.HI/c1-5-30-20-7-9-21(10-8-20)31-22-17-19(11-12-25-22)18-27-23(24-2)26-13-15-28(3)14-6-16-29-4;/h7-12,17H,5-6,13-16,18H2,1-4H3,(H2,24,26,27);1H. The molecule has 0 aliphatic carbocycles. The molecule has 0 saturated carbocycles. The highest BCUT2D eigenvalue weighted by Gasteiger charge is 2.04. The first-order valence-corrected chi connectivity index (χ1v) is 10.6. The van der Waals surface area contributed by atoms with Crippen molar-refractivity contribution in [2.75, 3.05) is 54.1 Å². The molecule has 1 heterocycles. The second-order valence-electron chi connectivity index (χ2n) is 7.01. The number of pyridine rings is 1. The summed E-state index contributed by atoms with van der Waals surface area (Å²) in [5, 5.41) is 6.66. The molecule has 0 fully saturated rings. The highest BCUT2D eigenvalue weighted by atomic mass is 127. The molecule has 0 atom stereocenters. The number of benzene rings is 1. The second kappa shape index (κ2) is 16.5. The van der Waals surface area contributed by atoms with Crippen LogP contribution in [0.2, 0.25) is 0 Å². The maximum Gasteiger partial charge on any atom is 0.219 e. The minimum atomic E-state index is 0. The third-order valence-electron chi connectivity index (χ3n) is 4.51. The first kappa shape index (κ1) is 27.9. The van der Waals surface area contributed by atoms with Crippen molar-refractivity contribution in [1.82, 2.24) is 20.5 Å². The summed E-state index contributed by atoms with van der Waals surface area (Å²) < 4.78 is 16.4. The summed E-state index contributed by atoms with van der Waals surface area (Å²) in [6, 6.07) is 11.4. The van der Waals surface area contributed by atoms with Crippen molar-refractivity contribution in [2.24, 2.45) is 4.99 Å². The summed E-state index contributed by atoms with van der Waals surface area (Å²) in [5.74, 6) is 2.84. The molecule has 2 N–H and O–H groups in total. The molecular formula is C23H36IN5O3. The van der Waals surface area contributed by atoms with Crippen LogP contribution in [0.1, 0.15) is 18.9 Å². The van der Waals surface area contributed by atoms with Crippen LogP contribution in [0.5, 0.6) is 17.4 Å². The molecule has 2 rings (SSSR count). The summed E-state index contributed by atoms with van der Waals surface area (Å²) in [5.41, 5.74) is 1.05. The molecule has 1 aromatic carbocycles. The average molecular weight is 557 g/mol. The van der Waals surface area contributed by atoms with Crippen LogP contribution in [0.25, 0.3) is 0 Å². The fraction of sp³-hybridized carbons (Fsp3) is 0.478. The van der Waals surface area contributed by atoms with Gasteiger partial charge in [0.25, 0.3) is 0 Å². The molecule has 0 saturated heterocycles. The smallest absolute Gasteiger partial charge is 0.219 e. The Bertz CT molecular complexity index is 789. The number of ether oxygens (including phenoxy) is 3. The van der Waals surface area contributed by atoms with Crippen molar-refractivity contribution in [3.8, 4) is 17.4 Å². The van der Waals surface area contributed by atoms with Crippen LogP contribution < -0.4 is 20.1 Å². The normalized spacial score (nSPS) is 11.1. The fourth-order valence-corrected chi connectivity index (χ4v) is 2.87. The van der Waals surface area contributed by atoms with Gasteiger partial charge in [-0.1, -0.05) is 0 Å². The minimum Gasteiger partial charge on any atom is -0.494 e. The molecule has 0 radical (unpaired) electrons. The van der Waals surface area contributed by atoms with Gasteiger partial charge in [-0.15, -0.1) is 24.0 Å². The molecule has 0 aliphatic heterocycles. The molecule has 178 valence electrons. The van der Waals surface area contributed by atoms with Gasteiger partial charge in [-0.25, -0.2) is 4.98 Å². The monoisotopic (exact) mass is 557 g/mol. The molecule has 0 spiro atoms. The van der Waals surface area contributed by atoms with E-state index in [0.717, 1.165) is 49.9 Å². The highest BCUT2D eigenvalue weighted by molar-refractivity contribution is 14.0. The van der Waals surface area contributed by atoms with Crippen LogP contribution in [-0.2, 0) is 11.3 Å². The van der Waals surface area contributed by atoms with Gasteiger partial charge in [0.05, 0.1) is 6.61 Å². The second-order valence-corrected chi connectivity index (χ2v) is 7.01. The van der Waals surface area contributed by atoms with Crippen molar-refractivity contribution in [3.05, 3.63) is 48.2 Å². The van der Waals surface area contributed by atoms with E-state index in [9.17, 15) is 0 Å². The number of nitrogens with zero attached hydrogens (tertiary/aromatic N) is 3. The van der Waals surface area contributed by atoms with Crippen molar-refractivity contribution < 1.29 is 14.2 Å². The van der Waals surface area contributed by atoms with E-state index in [-0.39, 0.29) is 24.0 Å². The molecule has 9 heteroatoms. The molecular weight excluding hydrogens is 521 g/mol. The van der Waals surface area contributed by atoms with Gasteiger partial charge in [-0.3, -0.25) is 4.99 Å². The van der Waals surface area contributed by atoms with Gasteiger partial charge in [0, 0.05) is 59.2 Å². The SMILES string of the molecule is CCOc1ccc(Oc2cc(CNC(=NC)NCCN(C)CCCOC)ccn2)cc1.I.